The number of sulfone groups is 1. The summed E-state index contributed by atoms with van der Waals surface area (Å²) in [6, 6.07) is 6.00. The first-order valence-corrected chi connectivity index (χ1v) is 9.54. The number of nitrogens with zero attached hydrogens (tertiary/aromatic N) is 2. The van der Waals surface area contributed by atoms with Crippen LogP contribution >= 0.6 is 0 Å². The van der Waals surface area contributed by atoms with Gasteiger partial charge in [0.25, 0.3) is 0 Å². The van der Waals surface area contributed by atoms with Gasteiger partial charge in [0, 0.05) is 31.4 Å². The molecule has 0 fully saturated rings. The molecule has 0 saturated carbocycles. The van der Waals surface area contributed by atoms with Gasteiger partial charge in [0.15, 0.2) is 14.9 Å². The van der Waals surface area contributed by atoms with Gasteiger partial charge in [-0.15, -0.1) is 0 Å². The first-order valence-electron chi connectivity index (χ1n) is 7.65. The van der Waals surface area contributed by atoms with Crippen molar-refractivity contribution in [2.45, 2.75) is 23.5 Å². The molecule has 0 aliphatic rings. The Morgan fingerprint density at radius 1 is 1.19 bits per heavy atom. The number of nitrogens with one attached hydrogen (secondary N) is 1. The second-order valence-corrected chi connectivity index (χ2v) is 7.69. The van der Waals surface area contributed by atoms with Gasteiger partial charge >= 0.3 is 6.18 Å². The summed E-state index contributed by atoms with van der Waals surface area (Å²) in [4.78, 5) is 7.61. The lowest BCUT2D eigenvalue weighted by Crippen LogP contribution is -2.16. The van der Waals surface area contributed by atoms with Gasteiger partial charge in [0.1, 0.15) is 12.1 Å². The first-order chi connectivity index (χ1) is 12.1. The predicted molar refractivity (Wildman–Crippen MR) is 89.5 cm³/mol. The van der Waals surface area contributed by atoms with Crippen molar-refractivity contribution in [1.82, 2.24) is 9.97 Å². The van der Waals surface area contributed by atoms with Gasteiger partial charge in [-0.25, -0.2) is 18.4 Å². The molecule has 1 heterocycles. The summed E-state index contributed by atoms with van der Waals surface area (Å²) in [6.45, 7) is 0.109. The van der Waals surface area contributed by atoms with Gasteiger partial charge in [-0.1, -0.05) is 12.1 Å². The van der Waals surface area contributed by atoms with E-state index in [2.05, 4.69) is 15.3 Å². The molecule has 2 rings (SSSR count). The number of halogens is 3. The number of aliphatic hydroxyl groups is 1. The van der Waals surface area contributed by atoms with Crippen LogP contribution in [0.2, 0.25) is 0 Å². The van der Waals surface area contributed by atoms with Crippen molar-refractivity contribution < 1.29 is 26.7 Å². The second-order valence-electron chi connectivity index (χ2n) is 5.72. The Kier molecular flexibility index (Phi) is 6.19. The van der Waals surface area contributed by atoms with Gasteiger partial charge in [-0.05, 0) is 24.1 Å². The Bertz CT molecular complexity index is 840. The van der Waals surface area contributed by atoms with Crippen LogP contribution in [0.3, 0.4) is 0 Å². The van der Waals surface area contributed by atoms with E-state index in [-0.39, 0.29) is 29.9 Å². The average Bonchev–Trinajstić information content (AvgIpc) is 2.57. The number of rotatable bonds is 7. The SMILES string of the molecule is CS(=O)(=O)c1cc(NCC(CCO)c2ccc(C(F)(F)F)cc2)ncn1. The van der Waals surface area contributed by atoms with Crippen molar-refractivity contribution in [3.8, 4) is 0 Å². The van der Waals surface area contributed by atoms with E-state index in [0.717, 1.165) is 24.7 Å². The van der Waals surface area contributed by atoms with Gasteiger partial charge in [-0.2, -0.15) is 13.2 Å². The normalized spacial score (nSPS) is 13.4. The fourth-order valence-electron chi connectivity index (χ4n) is 2.35. The lowest BCUT2D eigenvalue weighted by Gasteiger charge is -2.18. The van der Waals surface area contributed by atoms with E-state index in [1.807, 2.05) is 0 Å². The van der Waals surface area contributed by atoms with E-state index in [1.165, 1.54) is 18.2 Å². The fourth-order valence-corrected chi connectivity index (χ4v) is 2.92. The lowest BCUT2D eigenvalue weighted by atomic mass is 9.95. The van der Waals surface area contributed by atoms with Gasteiger partial charge in [0.05, 0.1) is 5.56 Å². The van der Waals surface area contributed by atoms with E-state index >= 15 is 0 Å². The topological polar surface area (TPSA) is 92.2 Å². The highest BCUT2D eigenvalue weighted by Crippen LogP contribution is 2.30. The van der Waals surface area contributed by atoms with Crippen LogP contribution in [0, 0.1) is 0 Å². The molecule has 1 aromatic carbocycles. The molecule has 1 unspecified atom stereocenters. The number of aromatic nitrogens is 2. The smallest absolute Gasteiger partial charge is 0.396 e. The summed E-state index contributed by atoms with van der Waals surface area (Å²) in [5, 5.41) is 12.0. The number of aliphatic hydroxyl groups excluding tert-OH is 1. The summed E-state index contributed by atoms with van der Waals surface area (Å²) in [5.41, 5.74) is -0.123. The predicted octanol–water partition coefficient (Wildman–Crippen LogP) is 2.48. The van der Waals surface area contributed by atoms with Crippen LogP contribution in [0.25, 0.3) is 0 Å². The summed E-state index contributed by atoms with van der Waals surface area (Å²) in [7, 11) is -3.48. The average molecular weight is 389 g/mol. The Balaban J connectivity index is 2.14. The molecule has 0 radical (unpaired) electrons. The quantitative estimate of drug-likeness (QED) is 0.707. The Morgan fingerprint density at radius 3 is 2.38 bits per heavy atom. The van der Waals surface area contributed by atoms with Gasteiger partial charge in [0.2, 0.25) is 0 Å². The van der Waals surface area contributed by atoms with Gasteiger partial charge in [-0.3, -0.25) is 0 Å². The Labute approximate surface area is 149 Å². The molecule has 6 nitrogen and oxygen atoms in total. The summed E-state index contributed by atoms with van der Waals surface area (Å²) < 4.78 is 61.0. The van der Waals surface area contributed by atoms with E-state index in [0.29, 0.717) is 12.0 Å². The minimum atomic E-state index is -4.41. The maximum absolute atomic E-state index is 12.7. The zero-order valence-electron chi connectivity index (χ0n) is 13.9. The molecule has 0 aliphatic heterocycles. The van der Waals surface area contributed by atoms with E-state index in [9.17, 15) is 26.7 Å². The van der Waals surface area contributed by atoms with Crippen LogP contribution in [0.15, 0.2) is 41.7 Å². The van der Waals surface area contributed by atoms with Crippen LogP contribution < -0.4 is 5.32 Å². The second kappa shape index (κ2) is 8.00. The summed E-state index contributed by atoms with van der Waals surface area (Å²) in [5.74, 6) is -0.00536. The van der Waals surface area contributed by atoms with Crippen molar-refractivity contribution in [1.29, 1.82) is 0 Å². The van der Waals surface area contributed by atoms with E-state index in [1.54, 1.807) is 0 Å². The van der Waals surface area contributed by atoms with Crippen molar-refractivity contribution in [3.63, 3.8) is 0 Å². The number of hydrogen-bond acceptors (Lipinski definition) is 6. The fraction of sp³-hybridized carbons (Fsp3) is 0.375. The molecular weight excluding hydrogens is 371 g/mol. The number of benzene rings is 1. The standard InChI is InChI=1S/C16H18F3N3O3S/c1-26(24,25)15-8-14(21-10-22-15)20-9-12(6-7-23)11-2-4-13(5-3-11)16(17,18)19/h2-5,8,10,12,23H,6-7,9H2,1H3,(H,20,21,22). The summed E-state index contributed by atoms with van der Waals surface area (Å²) in [6.07, 6.45) is -1.96. The third-order valence-corrected chi connectivity index (χ3v) is 4.72. The molecule has 0 saturated heterocycles. The minimum absolute atomic E-state index is 0.136. The molecule has 142 valence electrons. The summed E-state index contributed by atoms with van der Waals surface area (Å²) >= 11 is 0. The van der Waals surface area contributed by atoms with Crippen molar-refractivity contribution in [3.05, 3.63) is 47.8 Å². The molecule has 1 atom stereocenters. The first kappa shape index (κ1) is 20.1. The zero-order valence-corrected chi connectivity index (χ0v) is 14.7. The largest absolute Gasteiger partial charge is 0.416 e. The van der Waals surface area contributed by atoms with Crippen LogP contribution in [0.4, 0.5) is 19.0 Å². The van der Waals surface area contributed by atoms with E-state index in [4.69, 9.17) is 0 Å². The molecule has 26 heavy (non-hydrogen) atoms. The maximum Gasteiger partial charge on any atom is 0.416 e. The zero-order chi connectivity index (χ0) is 19.4. The number of anilines is 1. The van der Waals surface area contributed by atoms with E-state index < -0.39 is 21.6 Å². The van der Waals surface area contributed by atoms with Crippen LogP contribution in [0.5, 0.6) is 0 Å². The van der Waals surface area contributed by atoms with Crippen molar-refractivity contribution in [2.24, 2.45) is 0 Å². The Morgan fingerprint density at radius 2 is 1.85 bits per heavy atom. The molecule has 0 spiro atoms. The molecular formula is C16H18F3N3O3S. The number of hydrogen-bond donors (Lipinski definition) is 2. The molecule has 10 heteroatoms. The molecule has 0 bridgehead atoms. The van der Waals surface area contributed by atoms with Crippen LogP contribution in [0.1, 0.15) is 23.5 Å². The third-order valence-electron chi connectivity index (χ3n) is 3.74. The molecule has 1 aromatic heterocycles. The van der Waals surface area contributed by atoms with Crippen molar-refractivity contribution in [2.75, 3.05) is 24.7 Å². The van der Waals surface area contributed by atoms with Crippen LogP contribution in [-0.4, -0.2) is 42.9 Å². The highest BCUT2D eigenvalue weighted by molar-refractivity contribution is 7.90. The molecule has 2 aromatic rings. The third kappa shape index (κ3) is 5.40. The Hall–Kier alpha value is -2.20. The molecule has 2 N–H and O–H groups in total. The number of alkyl halides is 3. The lowest BCUT2D eigenvalue weighted by molar-refractivity contribution is -0.137. The van der Waals surface area contributed by atoms with Crippen molar-refractivity contribution >= 4 is 15.7 Å². The highest BCUT2D eigenvalue weighted by atomic mass is 32.2. The van der Waals surface area contributed by atoms with Gasteiger partial charge < -0.3 is 10.4 Å². The molecule has 0 aliphatic carbocycles. The highest BCUT2D eigenvalue weighted by Gasteiger charge is 2.30. The molecule has 0 amide bonds. The minimum Gasteiger partial charge on any atom is -0.396 e. The maximum atomic E-state index is 12.7. The van der Waals surface area contributed by atoms with Crippen LogP contribution in [-0.2, 0) is 16.0 Å². The monoisotopic (exact) mass is 389 g/mol.